The van der Waals surface area contributed by atoms with Crippen LogP contribution in [0.1, 0.15) is 32.3 Å². The summed E-state index contributed by atoms with van der Waals surface area (Å²) in [5.74, 6) is -0.509. The van der Waals surface area contributed by atoms with E-state index in [4.69, 9.17) is 15.2 Å². The molecule has 2 N–H and O–H groups in total. The second-order valence-corrected chi connectivity index (χ2v) is 8.02. The number of hydrogen-bond donors (Lipinski definition) is 1. The molecule has 1 aromatic rings. The molecular weight excluding hydrogens is 406 g/mol. The number of nitrogens with zero attached hydrogens (tertiary/aromatic N) is 4. The molecule has 2 atom stereocenters. The molecule has 164 valence electrons. The molecule has 1 heterocycles. The van der Waals surface area contributed by atoms with Crippen molar-refractivity contribution in [2.75, 3.05) is 19.7 Å². The summed E-state index contributed by atoms with van der Waals surface area (Å²) in [5.41, 5.74) is 5.98. The Balaban J connectivity index is 2.17. The lowest BCUT2D eigenvalue weighted by atomic mass is 9.58. The standard InChI is InChI=1S/C24H25N5O3/c1-4-31-23(30)29-10-9-18-19(11-25)22(28)24(13-26,14-27)21(20(18)12-29)16-5-7-17(8-6-16)32-15(2)3/h5-9,15,20-21H,4,10,12,28H2,1-3H3/t20?,21-/m1/s1. The average Bonchev–Trinajstić information content (AvgIpc) is 2.78. The smallest absolute Gasteiger partial charge is 0.410 e. The highest BCUT2D eigenvalue weighted by Gasteiger charge is 2.54. The number of amides is 1. The van der Waals surface area contributed by atoms with E-state index in [-0.39, 0.29) is 37.1 Å². The molecule has 1 aliphatic carbocycles. The molecule has 0 radical (unpaired) electrons. The maximum atomic E-state index is 12.4. The summed E-state index contributed by atoms with van der Waals surface area (Å²) in [6.45, 7) is 6.24. The molecule has 0 saturated heterocycles. The summed E-state index contributed by atoms with van der Waals surface area (Å²) in [7, 11) is 0. The van der Waals surface area contributed by atoms with Crippen LogP contribution in [0.15, 0.2) is 47.2 Å². The van der Waals surface area contributed by atoms with E-state index in [0.29, 0.717) is 16.9 Å². The van der Waals surface area contributed by atoms with E-state index in [0.717, 1.165) is 0 Å². The van der Waals surface area contributed by atoms with Gasteiger partial charge in [0.2, 0.25) is 0 Å². The summed E-state index contributed by atoms with van der Waals surface area (Å²) in [4.78, 5) is 13.9. The molecule has 0 aromatic heterocycles. The summed E-state index contributed by atoms with van der Waals surface area (Å²) < 4.78 is 10.9. The Hall–Kier alpha value is -3.96. The van der Waals surface area contributed by atoms with Crippen LogP contribution in [0.4, 0.5) is 4.79 Å². The number of carbonyl (C=O) groups is 1. The fraction of sp³-hybridized carbons (Fsp3) is 0.417. The number of nitriles is 3. The van der Waals surface area contributed by atoms with Gasteiger partial charge in [-0.25, -0.2) is 4.79 Å². The quantitative estimate of drug-likeness (QED) is 0.772. The Bertz CT molecular complexity index is 1070. The lowest BCUT2D eigenvalue weighted by Gasteiger charge is -2.45. The summed E-state index contributed by atoms with van der Waals surface area (Å²) >= 11 is 0. The van der Waals surface area contributed by atoms with Crippen molar-refractivity contribution in [1.29, 1.82) is 15.8 Å². The number of hydrogen-bond acceptors (Lipinski definition) is 7. The van der Waals surface area contributed by atoms with Crippen LogP contribution < -0.4 is 10.5 Å². The van der Waals surface area contributed by atoms with Crippen molar-refractivity contribution in [2.24, 2.45) is 17.1 Å². The van der Waals surface area contributed by atoms with Crippen molar-refractivity contribution in [3.05, 3.63) is 52.7 Å². The maximum absolute atomic E-state index is 12.4. The van der Waals surface area contributed by atoms with Crippen LogP contribution in [0.5, 0.6) is 5.75 Å². The van der Waals surface area contributed by atoms with E-state index in [2.05, 4.69) is 18.2 Å². The van der Waals surface area contributed by atoms with Gasteiger partial charge in [0.15, 0.2) is 5.41 Å². The van der Waals surface area contributed by atoms with Gasteiger partial charge in [0, 0.05) is 24.9 Å². The maximum Gasteiger partial charge on any atom is 0.410 e. The van der Waals surface area contributed by atoms with Crippen molar-refractivity contribution < 1.29 is 14.3 Å². The Morgan fingerprint density at radius 2 is 1.91 bits per heavy atom. The molecule has 32 heavy (non-hydrogen) atoms. The molecule has 8 nitrogen and oxygen atoms in total. The second-order valence-electron chi connectivity index (χ2n) is 8.02. The normalized spacial score (nSPS) is 21.5. The first-order valence-corrected chi connectivity index (χ1v) is 10.4. The molecule has 8 heteroatoms. The number of rotatable bonds is 4. The number of benzene rings is 1. The molecule has 1 unspecified atom stereocenters. The van der Waals surface area contributed by atoms with Crippen LogP contribution in [0.3, 0.4) is 0 Å². The van der Waals surface area contributed by atoms with E-state index in [1.807, 2.05) is 13.8 Å². The fourth-order valence-corrected chi connectivity index (χ4v) is 4.45. The van der Waals surface area contributed by atoms with Gasteiger partial charge in [-0.3, -0.25) is 0 Å². The third-order valence-electron chi connectivity index (χ3n) is 5.80. The van der Waals surface area contributed by atoms with Crippen molar-refractivity contribution >= 4 is 6.09 Å². The molecule has 0 bridgehead atoms. The predicted octanol–water partition coefficient (Wildman–Crippen LogP) is 3.36. The van der Waals surface area contributed by atoms with Gasteiger partial charge in [0.1, 0.15) is 11.8 Å². The first kappa shape index (κ1) is 22.7. The van der Waals surface area contributed by atoms with E-state index in [9.17, 15) is 20.6 Å². The lowest BCUT2D eigenvalue weighted by Crippen LogP contribution is -2.49. The fourth-order valence-electron chi connectivity index (χ4n) is 4.45. The van der Waals surface area contributed by atoms with Crippen LogP contribution >= 0.6 is 0 Å². The zero-order valence-corrected chi connectivity index (χ0v) is 18.3. The number of fused-ring (bicyclic) bond motifs is 1. The van der Waals surface area contributed by atoms with Gasteiger partial charge in [-0.1, -0.05) is 18.2 Å². The van der Waals surface area contributed by atoms with Crippen molar-refractivity contribution in [1.82, 2.24) is 4.90 Å². The molecular formula is C24H25N5O3. The Kier molecular flexibility index (Phi) is 6.42. The Morgan fingerprint density at radius 3 is 2.44 bits per heavy atom. The number of carbonyl (C=O) groups excluding carboxylic acids is 1. The largest absolute Gasteiger partial charge is 0.491 e. The lowest BCUT2D eigenvalue weighted by molar-refractivity contribution is 0.0999. The van der Waals surface area contributed by atoms with Gasteiger partial charge in [-0.15, -0.1) is 0 Å². The van der Waals surface area contributed by atoms with Crippen molar-refractivity contribution in [2.45, 2.75) is 32.8 Å². The minimum atomic E-state index is -1.76. The molecule has 1 amide bonds. The van der Waals surface area contributed by atoms with E-state index in [1.54, 1.807) is 37.3 Å². The van der Waals surface area contributed by atoms with Gasteiger partial charge >= 0.3 is 6.09 Å². The molecule has 3 rings (SSSR count). The minimum Gasteiger partial charge on any atom is -0.491 e. The van der Waals surface area contributed by atoms with Crippen molar-refractivity contribution in [3.63, 3.8) is 0 Å². The first-order valence-electron chi connectivity index (χ1n) is 10.4. The summed E-state index contributed by atoms with van der Waals surface area (Å²) in [6.07, 6.45) is 1.27. The highest BCUT2D eigenvalue weighted by molar-refractivity contribution is 5.69. The monoisotopic (exact) mass is 431 g/mol. The zero-order chi connectivity index (χ0) is 23.5. The Labute approximate surface area is 187 Å². The highest BCUT2D eigenvalue weighted by atomic mass is 16.6. The molecule has 0 spiro atoms. The third-order valence-corrected chi connectivity index (χ3v) is 5.80. The van der Waals surface area contributed by atoms with Crippen LogP contribution in [0, 0.1) is 45.3 Å². The minimum absolute atomic E-state index is 0.00406. The third kappa shape index (κ3) is 3.74. The summed E-state index contributed by atoms with van der Waals surface area (Å²) in [5, 5.41) is 30.1. The molecule has 2 aliphatic rings. The van der Waals surface area contributed by atoms with E-state index >= 15 is 0 Å². The predicted molar refractivity (Wildman–Crippen MR) is 116 cm³/mol. The molecule has 1 aliphatic heterocycles. The van der Waals surface area contributed by atoms with Gasteiger partial charge in [-0.05, 0) is 44.0 Å². The number of nitrogens with two attached hydrogens (primary N) is 1. The topological polar surface area (TPSA) is 136 Å². The van der Waals surface area contributed by atoms with Gasteiger partial charge in [-0.2, -0.15) is 15.8 Å². The van der Waals surface area contributed by atoms with Gasteiger partial charge < -0.3 is 20.1 Å². The highest BCUT2D eigenvalue weighted by Crippen LogP contribution is 2.54. The number of allylic oxidation sites excluding steroid dienone is 2. The second kappa shape index (κ2) is 9.04. The van der Waals surface area contributed by atoms with Crippen LogP contribution in [-0.4, -0.2) is 36.8 Å². The molecule has 1 aromatic carbocycles. The zero-order valence-electron chi connectivity index (χ0n) is 18.3. The van der Waals surface area contributed by atoms with Crippen LogP contribution in [0.25, 0.3) is 0 Å². The van der Waals surface area contributed by atoms with Crippen LogP contribution in [0.2, 0.25) is 0 Å². The molecule has 0 fully saturated rings. The van der Waals surface area contributed by atoms with E-state index < -0.39 is 23.3 Å². The van der Waals surface area contributed by atoms with Gasteiger partial charge in [0.05, 0.1) is 36.1 Å². The average molecular weight is 431 g/mol. The van der Waals surface area contributed by atoms with Crippen LogP contribution in [-0.2, 0) is 4.74 Å². The van der Waals surface area contributed by atoms with E-state index in [1.165, 1.54) is 4.90 Å². The molecule has 0 saturated carbocycles. The Morgan fingerprint density at radius 1 is 1.25 bits per heavy atom. The number of ether oxygens (including phenoxy) is 2. The SMILES string of the molecule is CCOC(=O)N1CC=C2C(C#N)=C(N)C(C#N)(C#N)[C@H](c3ccc(OC(C)C)cc3)C2C1. The van der Waals surface area contributed by atoms with Gasteiger partial charge in [0.25, 0.3) is 0 Å². The van der Waals surface area contributed by atoms with Crippen molar-refractivity contribution in [3.8, 4) is 24.0 Å². The first-order chi connectivity index (χ1) is 15.3. The summed E-state index contributed by atoms with van der Waals surface area (Å²) in [6, 6.07) is 13.4.